The molecule has 0 bridgehead atoms. The number of likely N-dealkylation sites (tertiary alicyclic amines) is 1. The first-order valence-corrected chi connectivity index (χ1v) is 11.0. The average Bonchev–Trinajstić information content (AvgIpc) is 3.24. The monoisotopic (exact) mass is 430 g/mol. The molecule has 3 aliphatic rings. The molecule has 2 unspecified atom stereocenters. The fraction of sp³-hybridized carbons (Fsp3) is 0.333. The number of aliphatic imine (C=N–C) groups is 1. The SMILES string of the molecule is O=C1CN=C2c3c(cc(F)cc31)CNC(c1ccc(CN3CCC3)cc1)C2c1ncn[nH]1. The van der Waals surface area contributed by atoms with Crippen LogP contribution in [-0.4, -0.2) is 51.2 Å². The third kappa shape index (κ3) is 3.27. The van der Waals surface area contributed by atoms with Crippen molar-refractivity contribution >= 4 is 11.5 Å². The predicted octanol–water partition coefficient (Wildman–Crippen LogP) is 2.76. The van der Waals surface area contributed by atoms with Gasteiger partial charge in [0.25, 0.3) is 0 Å². The second kappa shape index (κ2) is 7.72. The number of Topliss-reactive ketones (excluding diaryl/α,β-unsaturated/α-hetero) is 1. The second-order valence-electron chi connectivity index (χ2n) is 8.69. The van der Waals surface area contributed by atoms with Gasteiger partial charge in [0, 0.05) is 30.3 Å². The highest BCUT2D eigenvalue weighted by atomic mass is 19.1. The van der Waals surface area contributed by atoms with E-state index in [1.165, 1.54) is 30.4 Å². The van der Waals surface area contributed by atoms with Crippen LogP contribution in [0.3, 0.4) is 0 Å². The Balaban J connectivity index is 1.43. The van der Waals surface area contributed by atoms with Gasteiger partial charge in [0.1, 0.15) is 24.5 Å². The Kier molecular flexibility index (Phi) is 4.69. The minimum atomic E-state index is -0.403. The van der Waals surface area contributed by atoms with Gasteiger partial charge in [-0.1, -0.05) is 24.3 Å². The molecular weight excluding hydrogens is 407 g/mol. The summed E-state index contributed by atoms with van der Waals surface area (Å²) >= 11 is 0. The molecule has 1 aromatic heterocycles. The summed E-state index contributed by atoms with van der Waals surface area (Å²) in [6, 6.07) is 11.3. The fourth-order valence-electron chi connectivity index (χ4n) is 4.99. The van der Waals surface area contributed by atoms with E-state index in [1.807, 2.05) is 0 Å². The standard InChI is InChI=1S/C24H23FN6O/c25-17-8-16-10-26-22(15-4-2-14(3-5-15)12-31-6-1-7-31)21(24-28-13-29-30-24)23-20(16)18(9-17)19(32)11-27-23/h2-5,8-9,13,21-22,26H,1,6-7,10-12H2,(H,28,29,30). The minimum absolute atomic E-state index is 0.0113. The molecule has 3 aromatic rings. The molecule has 162 valence electrons. The third-order valence-corrected chi connectivity index (χ3v) is 6.70. The van der Waals surface area contributed by atoms with Gasteiger partial charge in [0.15, 0.2) is 5.78 Å². The molecule has 2 aromatic carbocycles. The van der Waals surface area contributed by atoms with Crippen molar-refractivity contribution in [1.29, 1.82) is 0 Å². The van der Waals surface area contributed by atoms with Crippen molar-refractivity contribution in [3.05, 3.63) is 82.2 Å². The van der Waals surface area contributed by atoms with Gasteiger partial charge in [-0.3, -0.25) is 19.8 Å². The molecule has 32 heavy (non-hydrogen) atoms. The van der Waals surface area contributed by atoms with E-state index in [-0.39, 0.29) is 24.3 Å². The number of nitrogens with zero attached hydrogens (tertiary/aromatic N) is 4. The fourth-order valence-corrected chi connectivity index (χ4v) is 4.99. The number of carbonyl (C=O) groups is 1. The maximum atomic E-state index is 14.3. The van der Waals surface area contributed by atoms with Gasteiger partial charge in [-0.15, -0.1) is 0 Å². The lowest BCUT2D eigenvalue weighted by atomic mass is 9.82. The molecule has 8 heteroatoms. The Morgan fingerprint density at radius 1 is 1.16 bits per heavy atom. The van der Waals surface area contributed by atoms with Crippen molar-refractivity contribution < 1.29 is 9.18 Å². The lowest BCUT2D eigenvalue weighted by molar-refractivity contribution is 0.0999. The Morgan fingerprint density at radius 2 is 2.00 bits per heavy atom. The molecule has 0 amide bonds. The number of halogens is 1. The van der Waals surface area contributed by atoms with Crippen molar-refractivity contribution in [3.8, 4) is 0 Å². The van der Waals surface area contributed by atoms with Gasteiger partial charge < -0.3 is 5.32 Å². The molecular formula is C24H23FN6O. The topological polar surface area (TPSA) is 86.3 Å². The van der Waals surface area contributed by atoms with E-state index in [0.29, 0.717) is 17.9 Å². The normalized spacial score (nSPS) is 22.7. The summed E-state index contributed by atoms with van der Waals surface area (Å²) < 4.78 is 14.3. The second-order valence-corrected chi connectivity index (χ2v) is 8.69. The first-order valence-electron chi connectivity index (χ1n) is 11.0. The van der Waals surface area contributed by atoms with Crippen LogP contribution in [-0.2, 0) is 13.1 Å². The largest absolute Gasteiger partial charge is 0.305 e. The van der Waals surface area contributed by atoms with Crippen LogP contribution in [0.25, 0.3) is 0 Å². The molecule has 0 radical (unpaired) electrons. The Bertz CT molecular complexity index is 1200. The minimum Gasteiger partial charge on any atom is -0.305 e. The van der Waals surface area contributed by atoms with Gasteiger partial charge in [-0.2, -0.15) is 5.10 Å². The van der Waals surface area contributed by atoms with E-state index >= 15 is 0 Å². The summed E-state index contributed by atoms with van der Waals surface area (Å²) in [5.74, 6) is -0.171. The van der Waals surface area contributed by atoms with Gasteiger partial charge in [0.05, 0.1) is 11.6 Å². The summed E-state index contributed by atoms with van der Waals surface area (Å²) in [7, 11) is 0. The van der Waals surface area contributed by atoms with Crippen LogP contribution in [0.2, 0.25) is 0 Å². The Hall–Kier alpha value is -3.23. The maximum absolute atomic E-state index is 14.3. The Morgan fingerprint density at radius 3 is 2.72 bits per heavy atom. The number of rotatable bonds is 4. The number of benzene rings is 2. The van der Waals surface area contributed by atoms with E-state index in [2.05, 4.69) is 54.7 Å². The van der Waals surface area contributed by atoms with E-state index in [9.17, 15) is 9.18 Å². The summed E-state index contributed by atoms with van der Waals surface area (Å²) in [4.78, 5) is 24.1. The zero-order chi connectivity index (χ0) is 21.7. The molecule has 3 aliphatic heterocycles. The molecule has 7 nitrogen and oxygen atoms in total. The zero-order valence-corrected chi connectivity index (χ0v) is 17.5. The number of aromatic amines is 1. The summed E-state index contributed by atoms with van der Waals surface area (Å²) in [5, 5.41) is 10.6. The summed E-state index contributed by atoms with van der Waals surface area (Å²) in [6.45, 7) is 3.73. The van der Waals surface area contributed by atoms with Crippen molar-refractivity contribution in [2.24, 2.45) is 4.99 Å². The van der Waals surface area contributed by atoms with Crippen molar-refractivity contribution in [3.63, 3.8) is 0 Å². The number of hydrogen-bond acceptors (Lipinski definition) is 6. The average molecular weight is 430 g/mol. The molecule has 0 spiro atoms. The van der Waals surface area contributed by atoms with Crippen LogP contribution in [0.1, 0.15) is 56.8 Å². The third-order valence-electron chi connectivity index (χ3n) is 6.70. The van der Waals surface area contributed by atoms with Crippen LogP contribution in [0.15, 0.2) is 47.7 Å². The van der Waals surface area contributed by atoms with Crippen molar-refractivity contribution in [1.82, 2.24) is 25.4 Å². The van der Waals surface area contributed by atoms with Gasteiger partial charge in [-0.05, 0) is 48.3 Å². The van der Waals surface area contributed by atoms with Crippen LogP contribution in [0.4, 0.5) is 4.39 Å². The highest BCUT2D eigenvalue weighted by molar-refractivity contribution is 6.18. The van der Waals surface area contributed by atoms with E-state index < -0.39 is 5.82 Å². The maximum Gasteiger partial charge on any atom is 0.184 e. The lowest BCUT2D eigenvalue weighted by Crippen LogP contribution is -2.36. The van der Waals surface area contributed by atoms with Crippen LogP contribution < -0.4 is 5.32 Å². The van der Waals surface area contributed by atoms with E-state index in [4.69, 9.17) is 0 Å². The highest BCUT2D eigenvalue weighted by Gasteiger charge is 2.39. The summed E-state index contributed by atoms with van der Waals surface area (Å²) in [5.41, 5.74) is 5.01. The molecule has 4 heterocycles. The quantitative estimate of drug-likeness (QED) is 0.665. The van der Waals surface area contributed by atoms with Gasteiger partial charge >= 0.3 is 0 Å². The summed E-state index contributed by atoms with van der Waals surface area (Å²) in [6.07, 6.45) is 2.76. The van der Waals surface area contributed by atoms with E-state index in [1.54, 1.807) is 0 Å². The predicted molar refractivity (Wildman–Crippen MR) is 117 cm³/mol. The molecule has 6 rings (SSSR count). The zero-order valence-electron chi connectivity index (χ0n) is 17.5. The van der Waals surface area contributed by atoms with Crippen molar-refractivity contribution in [2.45, 2.75) is 31.5 Å². The lowest BCUT2D eigenvalue weighted by Gasteiger charge is -2.31. The molecule has 2 N–H and O–H groups in total. The number of hydrogen-bond donors (Lipinski definition) is 2. The first kappa shape index (κ1) is 19.5. The molecule has 1 fully saturated rings. The molecule has 0 saturated carbocycles. The van der Waals surface area contributed by atoms with Crippen LogP contribution >= 0.6 is 0 Å². The molecule has 0 aliphatic carbocycles. The van der Waals surface area contributed by atoms with Gasteiger partial charge in [-0.25, -0.2) is 9.37 Å². The number of H-pyrrole nitrogens is 1. The van der Waals surface area contributed by atoms with Crippen LogP contribution in [0.5, 0.6) is 0 Å². The molecule has 1 saturated heterocycles. The van der Waals surface area contributed by atoms with E-state index in [0.717, 1.165) is 42.0 Å². The number of ketones is 1. The Labute approximate surface area is 184 Å². The number of nitrogens with one attached hydrogen (secondary N) is 2. The smallest absolute Gasteiger partial charge is 0.184 e. The van der Waals surface area contributed by atoms with Crippen molar-refractivity contribution in [2.75, 3.05) is 19.6 Å². The first-order chi connectivity index (χ1) is 15.7. The van der Waals surface area contributed by atoms with Gasteiger partial charge in [0.2, 0.25) is 0 Å². The number of aromatic nitrogens is 3. The highest BCUT2D eigenvalue weighted by Crippen LogP contribution is 2.39. The molecule has 2 atom stereocenters. The van der Waals surface area contributed by atoms with Crippen LogP contribution in [0, 0.1) is 5.82 Å². The number of carbonyl (C=O) groups excluding carboxylic acids is 1.